The number of carbonyl (C=O) groups excluding carboxylic acids is 1. The van der Waals surface area contributed by atoms with Crippen LogP contribution >= 0.6 is 0 Å². The number of nitrogens with zero attached hydrogens (tertiary/aromatic N) is 1. The number of rotatable bonds is 6. The van der Waals surface area contributed by atoms with E-state index in [1.807, 2.05) is 19.1 Å². The highest BCUT2D eigenvalue weighted by atomic mass is 16.5. The van der Waals surface area contributed by atoms with Crippen LogP contribution in [0.25, 0.3) is 0 Å². The fourth-order valence-corrected chi connectivity index (χ4v) is 2.44. The summed E-state index contributed by atoms with van der Waals surface area (Å²) in [6.07, 6.45) is 5.19. The molecule has 2 rings (SSSR count). The molecule has 0 saturated heterocycles. The SMILES string of the molecule is C#CCNC(=O)C1=C(NC)N=C(C#Cc2cccc(OCCO)c2)C1C. The Bertz CT molecular complexity index is 838. The van der Waals surface area contributed by atoms with Crippen molar-refractivity contribution in [1.29, 1.82) is 0 Å². The van der Waals surface area contributed by atoms with Crippen molar-refractivity contribution in [2.24, 2.45) is 10.9 Å². The Morgan fingerprint density at radius 2 is 2.23 bits per heavy atom. The van der Waals surface area contributed by atoms with Crippen LogP contribution in [0.3, 0.4) is 0 Å². The fraction of sp³-hybridized carbons (Fsp3) is 0.300. The van der Waals surface area contributed by atoms with Crippen LogP contribution in [0, 0.1) is 30.1 Å². The van der Waals surface area contributed by atoms with Crippen LogP contribution in [-0.4, -0.2) is 43.5 Å². The van der Waals surface area contributed by atoms with Gasteiger partial charge in [-0.2, -0.15) is 0 Å². The van der Waals surface area contributed by atoms with E-state index in [1.54, 1.807) is 19.2 Å². The van der Waals surface area contributed by atoms with Gasteiger partial charge in [0.15, 0.2) is 0 Å². The van der Waals surface area contributed by atoms with Gasteiger partial charge in [-0.25, -0.2) is 4.99 Å². The quantitative estimate of drug-likeness (QED) is 0.658. The summed E-state index contributed by atoms with van der Waals surface area (Å²) in [7, 11) is 1.71. The van der Waals surface area contributed by atoms with E-state index in [4.69, 9.17) is 16.3 Å². The van der Waals surface area contributed by atoms with Crippen LogP contribution in [-0.2, 0) is 4.79 Å². The van der Waals surface area contributed by atoms with Gasteiger partial charge in [0.25, 0.3) is 5.91 Å². The number of benzene rings is 1. The summed E-state index contributed by atoms with van der Waals surface area (Å²) in [5, 5.41) is 14.4. The second kappa shape index (κ2) is 9.31. The van der Waals surface area contributed by atoms with E-state index in [0.717, 1.165) is 5.56 Å². The molecule has 1 amide bonds. The maximum atomic E-state index is 12.3. The average Bonchev–Trinajstić information content (AvgIpc) is 2.98. The van der Waals surface area contributed by atoms with E-state index in [-0.39, 0.29) is 31.6 Å². The highest BCUT2D eigenvalue weighted by Crippen LogP contribution is 2.24. The summed E-state index contributed by atoms with van der Waals surface area (Å²) in [6.45, 7) is 2.22. The summed E-state index contributed by atoms with van der Waals surface area (Å²) < 4.78 is 5.37. The molecule has 3 N–H and O–H groups in total. The first kappa shape index (κ1) is 19.1. The Labute approximate surface area is 153 Å². The molecule has 1 aliphatic heterocycles. The first-order valence-corrected chi connectivity index (χ1v) is 8.18. The van der Waals surface area contributed by atoms with Crippen LogP contribution in [0.15, 0.2) is 40.7 Å². The number of amides is 1. The molecule has 0 saturated carbocycles. The third-order valence-corrected chi connectivity index (χ3v) is 3.69. The molecule has 1 atom stereocenters. The first-order chi connectivity index (χ1) is 12.6. The number of ether oxygens (including phenoxy) is 1. The van der Waals surface area contributed by atoms with E-state index in [0.29, 0.717) is 22.9 Å². The predicted octanol–water partition coefficient (Wildman–Crippen LogP) is 0.680. The van der Waals surface area contributed by atoms with E-state index in [2.05, 4.69) is 33.4 Å². The fourth-order valence-electron chi connectivity index (χ4n) is 2.44. The van der Waals surface area contributed by atoms with Gasteiger partial charge in [-0.3, -0.25) is 4.79 Å². The Kier molecular flexibility index (Phi) is 6.84. The first-order valence-electron chi connectivity index (χ1n) is 8.18. The molecular weight excluding hydrogens is 330 g/mol. The lowest BCUT2D eigenvalue weighted by Gasteiger charge is -2.09. The maximum Gasteiger partial charge on any atom is 0.252 e. The summed E-state index contributed by atoms with van der Waals surface area (Å²) in [4.78, 5) is 16.7. The Hall–Kier alpha value is -3.22. The lowest BCUT2D eigenvalue weighted by Crippen LogP contribution is -2.30. The molecule has 1 aromatic carbocycles. The second-order valence-corrected chi connectivity index (χ2v) is 5.47. The molecule has 0 aromatic heterocycles. The molecule has 1 unspecified atom stereocenters. The number of hydrogen-bond donors (Lipinski definition) is 3. The second-order valence-electron chi connectivity index (χ2n) is 5.47. The minimum absolute atomic E-state index is 0.0484. The van der Waals surface area contributed by atoms with Gasteiger partial charge in [-0.15, -0.1) is 6.42 Å². The minimum atomic E-state index is -0.250. The third-order valence-electron chi connectivity index (χ3n) is 3.69. The Morgan fingerprint density at radius 1 is 1.42 bits per heavy atom. The number of hydrogen-bond acceptors (Lipinski definition) is 5. The summed E-state index contributed by atoms with van der Waals surface area (Å²) in [5.74, 6) is 9.09. The van der Waals surface area contributed by atoms with E-state index < -0.39 is 0 Å². The molecule has 6 nitrogen and oxygen atoms in total. The largest absolute Gasteiger partial charge is 0.491 e. The van der Waals surface area contributed by atoms with Crippen molar-refractivity contribution in [2.75, 3.05) is 26.8 Å². The Morgan fingerprint density at radius 3 is 2.92 bits per heavy atom. The topological polar surface area (TPSA) is 83.0 Å². The molecule has 0 fully saturated rings. The van der Waals surface area contributed by atoms with Gasteiger partial charge in [0.05, 0.1) is 18.7 Å². The van der Waals surface area contributed by atoms with Crippen LogP contribution in [0.5, 0.6) is 5.75 Å². The molecule has 1 aliphatic rings. The van der Waals surface area contributed by atoms with Crippen molar-refractivity contribution in [3.05, 3.63) is 41.2 Å². The molecule has 6 heteroatoms. The van der Waals surface area contributed by atoms with Crippen molar-refractivity contribution < 1.29 is 14.6 Å². The zero-order chi connectivity index (χ0) is 18.9. The van der Waals surface area contributed by atoms with E-state index >= 15 is 0 Å². The molecule has 1 heterocycles. The molecule has 0 radical (unpaired) electrons. The van der Waals surface area contributed by atoms with Gasteiger partial charge in [-0.05, 0) is 24.1 Å². The molecule has 0 spiro atoms. The van der Waals surface area contributed by atoms with Gasteiger partial charge >= 0.3 is 0 Å². The van der Waals surface area contributed by atoms with E-state index in [1.165, 1.54) is 0 Å². The number of terminal acetylenes is 1. The van der Waals surface area contributed by atoms with Gasteiger partial charge in [-0.1, -0.05) is 24.8 Å². The van der Waals surface area contributed by atoms with Crippen LogP contribution in [0.4, 0.5) is 0 Å². The van der Waals surface area contributed by atoms with Crippen molar-refractivity contribution in [3.8, 4) is 29.9 Å². The highest BCUT2D eigenvalue weighted by Gasteiger charge is 2.29. The molecule has 26 heavy (non-hydrogen) atoms. The summed E-state index contributed by atoms with van der Waals surface area (Å²) >= 11 is 0. The third kappa shape index (κ3) is 4.66. The van der Waals surface area contributed by atoms with Gasteiger partial charge in [0.2, 0.25) is 0 Å². The van der Waals surface area contributed by atoms with Crippen LogP contribution in [0.2, 0.25) is 0 Å². The van der Waals surface area contributed by atoms with Gasteiger partial charge < -0.3 is 20.5 Å². The van der Waals surface area contributed by atoms with Crippen molar-refractivity contribution >= 4 is 11.6 Å². The highest BCUT2D eigenvalue weighted by molar-refractivity contribution is 6.12. The number of carbonyl (C=O) groups is 1. The van der Waals surface area contributed by atoms with Gasteiger partial charge in [0.1, 0.15) is 23.9 Å². The summed E-state index contributed by atoms with van der Waals surface area (Å²) in [5.41, 5.74) is 1.88. The molecule has 0 aliphatic carbocycles. The minimum Gasteiger partial charge on any atom is -0.491 e. The molecule has 134 valence electrons. The molecule has 0 bridgehead atoms. The van der Waals surface area contributed by atoms with Crippen molar-refractivity contribution in [1.82, 2.24) is 10.6 Å². The number of nitrogens with one attached hydrogen (secondary N) is 2. The van der Waals surface area contributed by atoms with Crippen LogP contribution in [0.1, 0.15) is 12.5 Å². The normalized spacial score (nSPS) is 15.5. The van der Waals surface area contributed by atoms with Crippen molar-refractivity contribution in [3.63, 3.8) is 0 Å². The standard InChI is InChI=1S/C20H21N3O3/c1-4-10-22-20(25)18-14(2)17(23-19(18)21-3)9-8-15-6-5-7-16(13-15)26-12-11-24/h1,5-7,13-14,21,24H,10-12H2,2-3H3,(H,22,25). The zero-order valence-corrected chi connectivity index (χ0v) is 14.8. The molecular formula is C20H21N3O3. The van der Waals surface area contributed by atoms with Crippen molar-refractivity contribution in [2.45, 2.75) is 6.92 Å². The van der Waals surface area contributed by atoms with Gasteiger partial charge in [0, 0.05) is 18.5 Å². The smallest absolute Gasteiger partial charge is 0.252 e. The number of aliphatic hydroxyl groups excluding tert-OH is 1. The van der Waals surface area contributed by atoms with Crippen LogP contribution < -0.4 is 15.4 Å². The summed E-state index contributed by atoms with van der Waals surface area (Å²) in [6, 6.07) is 7.26. The lowest BCUT2D eigenvalue weighted by molar-refractivity contribution is -0.117. The monoisotopic (exact) mass is 351 g/mol. The maximum absolute atomic E-state index is 12.3. The number of aliphatic imine (C=N–C) groups is 1. The van der Waals surface area contributed by atoms with E-state index in [9.17, 15) is 4.79 Å². The zero-order valence-electron chi connectivity index (χ0n) is 14.8. The Balaban J connectivity index is 2.16. The lowest BCUT2D eigenvalue weighted by atomic mass is 9.97. The predicted molar refractivity (Wildman–Crippen MR) is 100 cm³/mol. The number of aliphatic hydroxyl groups is 1. The molecule has 1 aromatic rings. The average molecular weight is 351 g/mol.